The third kappa shape index (κ3) is 5.27. The molecule has 1 aliphatic rings. The molecular formula is C11H24NO+. The monoisotopic (exact) mass is 186 g/mol. The Hall–Kier alpha value is -0.0800. The summed E-state index contributed by atoms with van der Waals surface area (Å²) in [4.78, 5) is 0. The van der Waals surface area contributed by atoms with Crippen LogP contribution in [0.4, 0.5) is 0 Å². The third-order valence-corrected chi connectivity index (χ3v) is 2.83. The zero-order chi connectivity index (χ0) is 9.73. The van der Waals surface area contributed by atoms with Crippen LogP contribution >= 0.6 is 0 Å². The Morgan fingerprint density at radius 3 is 2.46 bits per heavy atom. The van der Waals surface area contributed by atoms with Gasteiger partial charge in [-0.05, 0) is 12.8 Å². The molecule has 1 aliphatic heterocycles. The number of hydrogen-bond donors (Lipinski definition) is 0. The first kappa shape index (κ1) is 11.0. The first-order valence-electron chi connectivity index (χ1n) is 5.57. The van der Waals surface area contributed by atoms with E-state index >= 15 is 0 Å². The molecule has 1 atom stereocenters. The van der Waals surface area contributed by atoms with E-state index in [1.165, 1.54) is 43.3 Å². The molecule has 1 rings (SSSR count). The van der Waals surface area contributed by atoms with Crippen molar-refractivity contribution in [3.05, 3.63) is 0 Å². The second-order valence-electron chi connectivity index (χ2n) is 4.83. The van der Waals surface area contributed by atoms with Gasteiger partial charge in [-0.15, -0.1) is 0 Å². The minimum Gasteiger partial charge on any atom is -0.373 e. The van der Waals surface area contributed by atoms with Crippen LogP contribution in [0, 0.1) is 0 Å². The molecule has 1 heterocycles. The van der Waals surface area contributed by atoms with Gasteiger partial charge < -0.3 is 9.22 Å². The van der Waals surface area contributed by atoms with Crippen LogP contribution in [0.5, 0.6) is 0 Å². The Labute approximate surface area is 82.5 Å². The number of ether oxygens (including phenoxy) is 1. The molecule has 0 amide bonds. The highest BCUT2D eigenvalue weighted by molar-refractivity contribution is 4.67. The highest BCUT2D eigenvalue weighted by Crippen LogP contribution is 2.15. The summed E-state index contributed by atoms with van der Waals surface area (Å²) < 4.78 is 6.39. The molecule has 0 aromatic heterocycles. The number of nitrogens with zero attached hydrogens (tertiary/aromatic N) is 1. The Morgan fingerprint density at radius 2 is 1.92 bits per heavy atom. The van der Waals surface area contributed by atoms with E-state index in [-0.39, 0.29) is 0 Å². The van der Waals surface area contributed by atoms with Crippen LogP contribution in [0.25, 0.3) is 0 Å². The van der Waals surface area contributed by atoms with E-state index in [2.05, 4.69) is 21.0 Å². The quantitative estimate of drug-likeness (QED) is 0.337. The first-order valence-corrected chi connectivity index (χ1v) is 5.57. The van der Waals surface area contributed by atoms with Gasteiger partial charge in [0.25, 0.3) is 0 Å². The van der Waals surface area contributed by atoms with E-state index in [4.69, 9.17) is 4.74 Å². The minimum atomic E-state index is 0.601. The van der Waals surface area contributed by atoms with Gasteiger partial charge in [0.1, 0.15) is 0 Å². The van der Waals surface area contributed by atoms with Crippen molar-refractivity contribution in [3.8, 4) is 0 Å². The zero-order valence-electron chi connectivity index (χ0n) is 9.38. The van der Waals surface area contributed by atoms with E-state index in [1.807, 2.05) is 0 Å². The van der Waals surface area contributed by atoms with Crippen molar-refractivity contribution >= 4 is 0 Å². The molecule has 0 aromatic carbocycles. The highest BCUT2D eigenvalue weighted by atomic mass is 16.6. The third-order valence-electron chi connectivity index (χ3n) is 2.83. The summed E-state index contributed by atoms with van der Waals surface area (Å²) in [6.07, 6.45) is 5.92. The number of rotatable bonds is 7. The van der Waals surface area contributed by atoms with E-state index in [0.717, 1.165) is 6.61 Å². The summed E-state index contributed by atoms with van der Waals surface area (Å²) in [6.45, 7) is 5.86. The lowest BCUT2D eigenvalue weighted by Crippen LogP contribution is -2.41. The molecule has 1 unspecified atom stereocenters. The predicted molar refractivity (Wildman–Crippen MR) is 55.7 cm³/mol. The molecule has 1 saturated heterocycles. The molecule has 0 radical (unpaired) electrons. The summed E-state index contributed by atoms with van der Waals surface area (Å²) in [5.74, 6) is 0. The van der Waals surface area contributed by atoms with E-state index in [9.17, 15) is 0 Å². The van der Waals surface area contributed by atoms with Crippen molar-refractivity contribution < 1.29 is 9.22 Å². The summed E-state index contributed by atoms with van der Waals surface area (Å²) >= 11 is 0. The van der Waals surface area contributed by atoms with Gasteiger partial charge in [0, 0.05) is 6.42 Å². The van der Waals surface area contributed by atoms with Gasteiger partial charge in [0.15, 0.2) is 0 Å². The lowest BCUT2D eigenvalue weighted by atomic mass is 10.2. The highest BCUT2D eigenvalue weighted by Gasteiger charge is 2.26. The predicted octanol–water partition coefficient (Wildman–Crippen LogP) is 2.04. The van der Waals surface area contributed by atoms with Crippen LogP contribution in [0.2, 0.25) is 0 Å². The fourth-order valence-electron chi connectivity index (χ4n) is 1.63. The molecule has 0 saturated carbocycles. The smallest absolute Gasteiger partial charge is 0.0863 e. The lowest BCUT2D eigenvalue weighted by molar-refractivity contribution is -0.890. The van der Waals surface area contributed by atoms with Crippen molar-refractivity contribution in [1.82, 2.24) is 0 Å². The largest absolute Gasteiger partial charge is 0.373 e. The second-order valence-corrected chi connectivity index (χ2v) is 4.83. The molecule has 0 spiro atoms. The van der Waals surface area contributed by atoms with Gasteiger partial charge in [-0.3, -0.25) is 0 Å². The van der Waals surface area contributed by atoms with Crippen molar-refractivity contribution in [2.45, 2.75) is 38.7 Å². The molecule has 13 heavy (non-hydrogen) atoms. The maximum atomic E-state index is 5.22. The van der Waals surface area contributed by atoms with Gasteiger partial charge in [-0.25, -0.2) is 0 Å². The topological polar surface area (TPSA) is 12.5 Å². The molecular weight excluding hydrogens is 162 g/mol. The standard InChI is InChI=1S/C11H24NO/c1-4-5-6-8-12(2,3)9-7-11-10-13-11/h11H,4-10H2,1-3H3/q+1. The van der Waals surface area contributed by atoms with E-state index < -0.39 is 0 Å². The number of unbranched alkanes of at least 4 members (excludes halogenated alkanes) is 2. The fourth-order valence-corrected chi connectivity index (χ4v) is 1.63. The van der Waals surface area contributed by atoms with Crippen molar-refractivity contribution in [2.24, 2.45) is 0 Å². The molecule has 2 heteroatoms. The van der Waals surface area contributed by atoms with Gasteiger partial charge in [0.05, 0.1) is 39.9 Å². The van der Waals surface area contributed by atoms with Crippen molar-refractivity contribution in [3.63, 3.8) is 0 Å². The number of hydrogen-bond acceptors (Lipinski definition) is 1. The molecule has 78 valence electrons. The van der Waals surface area contributed by atoms with Gasteiger partial charge in [0.2, 0.25) is 0 Å². The Kier molecular flexibility index (Phi) is 4.20. The maximum absolute atomic E-state index is 5.22. The van der Waals surface area contributed by atoms with Crippen LogP contribution in [0.1, 0.15) is 32.6 Å². The molecule has 1 fully saturated rings. The van der Waals surface area contributed by atoms with Crippen LogP contribution in [-0.2, 0) is 4.74 Å². The number of epoxide rings is 1. The Balaban J connectivity index is 2.03. The second kappa shape index (κ2) is 4.97. The average Bonchev–Trinajstić information content (AvgIpc) is 2.84. The average molecular weight is 186 g/mol. The lowest BCUT2D eigenvalue weighted by Gasteiger charge is -2.29. The fraction of sp³-hybridized carbons (Fsp3) is 1.00. The van der Waals surface area contributed by atoms with Crippen LogP contribution < -0.4 is 0 Å². The van der Waals surface area contributed by atoms with Crippen molar-refractivity contribution in [2.75, 3.05) is 33.8 Å². The minimum absolute atomic E-state index is 0.601. The summed E-state index contributed by atoms with van der Waals surface area (Å²) in [5, 5.41) is 0. The van der Waals surface area contributed by atoms with E-state index in [1.54, 1.807) is 0 Å². The van der Waals surface area contributed by atoms with Crippen LogP contribution in [0.3, 0.4) is 0 Å². The summed E-state index contributed by atoms with van der Waals surface area (Å²) in [7, 11) is 4.66. The normalized spacial score (nSPS) is 21.9. The van der Waals surface area contributed by atoms with E-state index in [0.29, 0.717) is 6.10 Å². The zero-order valence-corrected chi connectivity index (χ0v) is 9.38. The Bertz CT molecular complexity index is 141. The van der Waals surface area contributed by atoms with Crippen LogP contribution in [-0.4, -0.2) is 44.4 Å². The van der Waals surface area contributed by atoms with Crippen LogP contribution in [0.15, 0.2) is 0 Å². The summed E-state index contributed by atoms with van der Waals surface area (Å²) in [5.41, 5.74) is 0. The molecule has 0 aromatic rings. The molecule has 0 N–H and O–H groups in total. The van der Waals surface area contributed by atoms with Gasteiger partial charge in [-0.1, -0.05) is 13.3 Å². The first-order chi connectivity index (χ1) is 6.14. The van der Waals surface area contributed by atoms with Crippen molar-refractivity contribution in [1.29, 1.82) is 0 Å². The number of quaternary nitrogens is 1. The molecule has 2 nitrogen and oxygen atoms in total. The maximum Gasteiger partial charge on any atom is 0.0863 e. The molecule has 0 aliphatic carbocycles. The van der Waals surface area contributed by atoms with Gasteiger partial charge in [-0.2, -0.15) is 0 Å². The van der Waals surface area contributed by atoms with Gasteiger partial charge >= 0.3 is 0 Å². The molecule has 0 bridgehead atoms. The Morgan fingerprint density at radius 1 is 1.23 bits per heavy atom. The summed E-state index contributed by atoms with van der Waals surface area (Å²) in [6, 6.07) is 0. The SMILES string of the molecule is CCCCC[N+](C)(C)CCC1CO1.